The van der Waals surface area contributed by atoms with E-state index >= 15 is 0 Å². The monoisotopic (exact) mass is 368 g/mol. The summed E-state index contributed by atoms with van der Waals surface area (Å²) in [6, 6.07) is 0. The Labute approximate surface area is 161 Å². The van der Waals surface area contributed by atoms with Gasteiger partial charge in [-0.2, -0.15) is 0 Å². The molecule has 0 unspecified atom stereocenters. The molecule has 0 aliphatic rings. The smallest absolute Gasteiger partial charge is 0.310 e. The highest BCUT2D eigenvalue weighted by Crippen LogP contribution is 2.10. The lowest BCUT2D eigenvalue weighted by atomic mass is 10.1. The topological polar surface area (TPSA) is 52.6 Å². The van der Waals surface area contributed by atoms with Crippen molar-refractivity contribution < 1.29 is 19.1 Å². The standard InChI is InChI=1S/C14H26O2.C8H14O2/c1-3-5-6-7-8-9-10-11-12-13-14(15)16-4-2;1-3-5-6-8(9)10-7-4-2/h4H,2-3,5-13H2,1H3;4H,2-3,5-7H2,1H3. The molecule has 0 spiro atoms. The number of ether oxygens (including phenoxy) is 2. The molecule has 0 atom stereocenters. The van der Waals surface area contributed by atoms with Gasteiger partial charge in [-0.05, 0) is 12.8 Å². The van der Waals surface area contributed by atoms with Gasteiger partial charge in [0.05, 0.1) is 6.26 Å². The second kappa shape index (κ2) is 23.4. The molecule has 0 N–H and O–H groups in total. The average molecular weight is 369 g/mol. The fraction of sp³-hybridized carbons (Fsp3) is 0.727. The number of rotatable bonds is 16. The molecule has 0 fully saturated rings. The number of carbonyl (C=O) groups is 2. The average Bonchev–Trinajstić information content (AvgIpc) is 2.64. The highest BCUT2D eigenvalue weighted by molar-refractivity contribution is 5.69. The molecule has 0 aliphatic carbocycles. The second-order valence-corrected chi connectivity index (χ2v) is 6.31. The van der Waals surface area contributed by atoms with Crippen LogP contribution in [0.15, 0.2) is 25.5 Å². The molecule has 26 heavy (non-hydrogen) atoms. The molecule has 0 aliphatic heterocycles. The van der Waals surface area contributed by atoms with Crippen molar-refractivity contribution in [1.29, 1.82) is 0 Å². The molecule has 0 amide bonds. The van der Waals surface area contributed by atoms with E-state index in [2.05, 4.69) is 24.8 Å². The molecule has 0 rings (SSSR count). The summed E-state index contributed by atoms with van der Waals surface area (Å²) in [5.41, 5.74) is 0. The zero-order valence-electron chi connectivity index (χ0n) is 17.1. The van der Waals surface area contributed by atoms with Crippen molar-refractivity contribution in [2.75, 3.05) is 6.61 Å². The maximum Gasteiger partial charge on any atom is 0.310 e. The van der Waals surface area contributed by atoms with Gasteiger partial charge < -0.3 is 9.47 Å². The minimum absolute atomic E-state index is 0.123. The number of hydrogen-bond acceptors (Lipinski definition) is 4. The van der Waals surface area contributed by atoms with Crippen LogP contribution in [0.4, 0.5) is 0 Å². The van der Waals surface area contributed by atoms with Gasteiger partial charge in [-0.25, -0.2) is 0 Å². The summed E-state index contributed by atoms with van der Waals surface area (Å²) in [5.74, 6) is -0.278. The summed E-state index contributed by atoms with van der Waals surface area (Å²) >= 11 is 0. The number of esters is 2. The molecule has 0 heterocycles. The molecular weight excluding hydrogens is 328 g/mol. The molecule has 0 aromatic rings. The first-order chi connectivity index (χ1) is 12.6. The van der Waals surface area contributed by atoms with Gasteiger partial charge in [-0.1, -0.05) is 90.9 Å². The van der Waals surface area contributed by atoms with E-state index in [9.17, 15) is 9.59 Å². The Kier molecular flexibility index (Phi) is 24.0. The first kappa shape index (κ1) is 26.6. The molecule has 0 bridgehead atoms. The summed E-state index contributed by atoms with van der Waals surface area (Å²) in [7, 11) is 0. The summed E-state index contributed by atoms with van der Waals surface area (Å²) < 4.78 is 9.38. The van der Waals surface area contributed by atoms with Crippen LogP contribution in [0, 0.1) is 0 Å². The molecule has 0 aromatic heterocycles. The largest absolute Gasteiger partial charge is 0.461 e. The van der Waals surface area contributed by atoms with Gasteiger partial charge in [0.2, 0.25) is 0 Å². The van der Waals surface area contributed by atoms with E-state index in [0.717, 1.165) is 25.7 Å². The van der Waals surface area contributed by atoms with Crippen LogP contribution in [0.3, 0.4) is 0 Å². The van der Waals surface area contributed by atoms with Gasteiger partial charge in [0.15, 0.2) is 0 Å². The highest BCUT2D eigenvalue weighted by Gasteiger charge is 2.00. The Bertz CT molecular complexity index is 350. The van der Waals surface area contributed by atoms with Crippen molar-refractivity contribution in [2.24, 2.45) is 0 Å². The molecule has 4 nitrogen and oxygen atoms in total. The molecule has 0 saturated carbocycles. The van der Waals surface area contributed by atoms with E-state index in [0.29, 0.717) is 19.4 Å². The van der Waals surface area contributed by atoms with Gasteiger partial charge in [0.25, 0.3) is 0 Å². The van der Waals surface area contributed by atoms with E-state index in [4.69, 9.17) is 4.74 Å². The molecule has 152 valence electrons. The minimum atomic E-state index is -0.155. The second-order valence-electron chi connectivity index (χ2n) is 6.31. The zero-order valence-corrected chi connectivity index (χ0v) is 17.1. The van der Waals surface area contributed by atoms with Crippen LogP contribution in [0.25, 0.3) is 0 Å². The van der Waals surface area contributed by atoms with Crippen LogP contribution >= 0.6 is 0 Å². The van der Waals surface area contributed by atoms with Crippen LogP contribution in [-0.2, 0) is 19.1 Å². The highest BCUT2D eigenvalue weighted by atomic mass is 16.5. The van der Waals surface area contributed by atoms with Crippen LogP contribution in [-0.4, -0.2) is 18.5 Å². The SMILES string of the molecule is C=CCOC(=O)CCCC.C=COC(=O)CCCCCCCCCCC. The summed E-state index contributed by atoms with van der Waals surface area (Å²) in [4.78, 5) is 21.6. The lowest BCUT2D eigenvalue weighted by molar-refractivity contribution is -0.142. The predicted molar refractivity (Wildman–Crippen MR) is 109 cm³/mol. The van der Waals surface area contributed by atoms with Crippen LogP contribution in [0.2, 0.25) is 0 Å². The Hall–Kier alpha value is -1.58. The summed E-state index contributed by atoms with van der Waals surface area (Å²) in [6.45, 7) is 11.4. The van der Waals surface area contributed by atoms with Crippen LogP contribution in [0.1, 0.15) is 97.3 Å². The third kappa shape index (κ3) is 24.7. The molecular formula is C22H40O4. The van der Waals surface area contributed by atoms with E-state index in [1.54, 1.807) is 6.08 Å². The Morgan fingerprint density at radius 2 is 1.23 bits per heavy atom. The van der Waals surface area contributed by atoms with E-state index < -0.39 is 0 Å². The predicted octanol–water partition coefficient (Wildman–Crippen LogP) is 6.50. The van der Waals surface area contributed by atoms with E-state index in [1.165, 1.54) is 51.2 Å². The number of carbonyl (C=O) groups excluding carboxylic acids is 2. The van der Waals surface area contributed by atoms with Crippen LogP contribution in [0.5, 0.6) is 0 Å². The maximum absolute atomic E-state index is 11.0. The van der Waals surface area contributed by atoms with Gasteiger partial charge in [-0.15, -0.1) is 0 Å². The number of hydrogen-bond donors (Lipinski definition) is 0. The van der Waals surface area contributed by atoms with Gasteiger partial charge >= 0.3 is 11.9 Å². The summed E-state index contributed by atoms with van der Waals surface area (Å²) in [6.07, 6.45) is 17.2. The lowest BCUT2D eigenvalue weighted by Gasteiger charge is -2.01. The zero-order chi connectivity index (χ0) is 19.9. The minimum Gasteiger partial charge on any atom is -0.461 e. The van der Waals surface area contributed by atoms with E-state index in [-0.39, 0.29) is 11.9 Å². The number of unbranched alkanes of at least 4 members (excludes halogenated alkanes) is 9. The molecule has 0 aromatic carbocycles. The van der Waals surface area contributed by atoms with Crippen molar-refractivity contribution >= 4 is 11.9 Å². The first-order valence-electron chi connectivity index (χ1n) is 10.2. The fourth-order valence-corrected chi connectivity index (χ4v) is 2.28. The molecule has 0 radical (unpaired) electrons. The van der Waals surface area contributed by atoms with Crippen LogP contribution < -0.4 is 0 Å². The molecule has 4 heteroatoms. The fourth-order valence-electron chi connectivity index (χ4n) is 2.28. The quantitative estimate of drug-likeness (QED) is 0.135. The van der Waals surface area contributed by atoms with Crippen molar-refractivity contribution in [3.05, 3.63) is 25.5 Å². The van der Waals surface area contributed by atoms with Crippen molar-refractivity contribution in [2.45, 2.75) is 97.3 Å². The lowest BCUT2D eigenvalue weighted by Crippen LogP contribution is -2.03. The summed E-state index contributed by atoms with van der Waals surface area (Å²) in [5, 5.41) is 0. The Balaban J connectivity index is 0. The normalized spacial score (nSPS) is 9.62. The third-order valence-electron chi connectivity index (χ3n) is 3.80. The first-order valence-corrected chi connectivity index (χ1v) is 10.2. The van der Waals surface area contributed by atoms with Gasteiger partial charge in [0, 0.05) is 12.8 Å². The Morgan fingerprint density at radius 1 is 0.731 bits per heavy atom. The van der Waals surface area contributed by atoms with Gasteiger partial charge in [0.1, 0.15) is 6.61 Å². The van der Waals surface area contributed by atoms with E-state index in [1.807, 2.05) is 6.92 Å². The van der Waals surface area contributed by atoms with Crippen molar-refractivity contribution in [3.8, 4) is 0 Å². The Morgan fingerprint density at radius 3 is 1.73 bits per heavy atom. The van der Waals surface area contributed by atoms with Gasteiger partial charge in [-0.3, -0.25) is 9.59 Å². The van der Waals surface area contributed by atoms with Crippen molar-refractivity contribution in [3.63, 3.8) is 0 Å². The maximum atomic E-state index is 11.0. The third-order valence-corrected chi connectivity index (χ3v) is 3.80. The van der Waals surface area contributed by atoms with Crippen molar-refractivity contribution in [1.82, 2.24) is 0 Å². The molecule has 0 saturated heterocycles.